The number of amides is 4. The number of rotatable bonds is 5. The molecular formula is C24H28F3N5O3. The average Bonchev–Trinajstić information content (AvgIpc) is 3.29. The summed E-state index contributed by atoms with van der Waals surface area (Å²) in [6, 6.07) is 3.70. The second kappa shape index (κ2) is 9.01. The summed E-state index contributed by atoms with van der Waals surface area (Å²) >= 11 is 0. The normalized spacial score (nSPS) is 23.5. The van der Waals surface area contributed by atoms with Crippen LogP contribution in [-0.2, 0) is 15.8 Å². The Labute approximate surface area is 200 Å². The standard InChI is InChI=1S/C24H28F3N5O3/c1-14-7-4-5-10-23(14)21(34)31(22(35)30-23)13-20(33)29-15(2)19-12-28-32(16(19)3)18-9-6-8-17(11-18)24(25,26)27/h6,8-9,11-12,14-15H,4-5,7,10,13H2,1-3H3,(H,29,33)(H,30,35). The van der Waals surface area contributed by atoms with Crippen molar-refractivity contribution in [1.82, 2.24) is 25.3 Å². The third kappa shape index (κ3) is 4.51. The third-order valence-corrected chi connectivity index (χ3v) is 7.11. The fourth-order valence-corrected chi connectivity index (χ4v) is 5.07. The van der Waals surface area contributed by atoms with Gasteiger partial charge in [0.1, 0.15) is 12.1 Å². The van der Waals surface area contributed by atoms with Crippen molar-refractivity contribution in [3.05, 3.63) is 47.3 Å². The molecule has 0 bridgehead atoms. The number of imide groups is 1. The number of hydrogen-bond acceptors (Lipinski definition) is 4. The molecule has 2 heterocycles. The first kappa shape index (κ1) is 24.7. The summed E-state index contributed by atoms with van der Waals surface area (Å²) < 4.78 is 40.6. The van der Waals surface area contributed by atoms with Crippen LogP contribution in [0.4, 0.5) is 18.0 Å². The van der Waals surface area contributed by atoms with Gasteiger partial charge in [0.25, 0.3) is 5.91 Å². The molecule has 1 spiro atoms. The first-order chi connectivity index (χ1) is 16.4. The highest BCUT2D eigenvalue weighted by atomic mass is 19.4. The van der Waals surface area contributed by atoms with E-state index in [2.05, 4.69) is 15.7 Å². The maximum atomic E-state index is 13.1. The molecule has 188 valence electrons. The van der Waals surface area contributed by atoms with Gasteiger partial charge in [0, 0.05) is 11.3 Å². The molecule has 2 fully saturated rings. The number of nitrogens with one attached hydrogen (secondary N) is 2. The topological polar surface area (TPSA) is 96.3 Å². The molecule has 35 heavy (non-hydrogen) atoms. The Bertz CT molecular complexity index is 1160. The Balaban J connectivity index is 1.45. The molecule has 1 aromatic heterocycles. The van der Waals surface area contributed by atoms with Crippen LogP contribution in [0.5, 0.6) is 0 Å². The lowest BCUT2D eigenvalue weighted by atomic mass is 9.73. The van der Waals surface area contributed by atoms with Gasteiger partial charge in [-0.05, 0) is 50.8 Å². The van der Waals surface area contributed by atoms with Gasteiger partial charge in [-0.3, -0.25) is 14.5 Å². The largest absolute Gasteiger partial charge is 0.416 e. The van der Waals surface area contributed by atoms with Gasteiger partial charge in [-0.25, -0.2) is 9.48 Å². The molecule has 2 N–H and O–H groups in total. The maximum absolute atomic E-state index is 13.1. The summed E-state index contributed by atoms with van der Waals surface area (Å²) in [4.78, 5) is 39.3. The quantitative estimate of drug-likeness (QED) is 0.621. The molecule has 1 aliphatic carbocycles. The van der Waals surface area contributed by atoms with Gasteiger partial charge >= 0.3 is 12.2 Å². The Morgan fingerprint density at radius 2 is 2.06 bits per heavy atom. The van der Waals surface area contributed by atoms with Crippen LogP contribution in [0, 0.1) is 12.8 Å². The number of hydrogen-bond donors (Lipinski definition) is 2. The minimum Gasteiger partial charge on any atom is -0.348 e. The van der Waals surface area contributed by atoms with Gasteiger partial charge in [-0.1, -0.05) is 25.8 Å². The van der Waals surface area contributed by atoms with E-state index in [9.17, 15) is 27.6 Å². The smallest absolute Gasteiger partial charge is 0.348 e. The molecule has 4 rings (SSSR count). The van der Waals surface area contributed by atoms with Crippen molar-refractivity contribution < 1.29 is 27.6 Å². The SMILES string of the molecule is Cc1c(C(C)NC(=O)CN2C(=O)NC3(CCCCC3C)C2=O)cnn1-c1cccc(C(F)(F)F)c1. The first-order valence-corrected chi connectivity index (χ1v) is 11.6. The van der Waals surface area contributed by atoms with E-state index in [0.717, 1.165) is 36.3 Å². The van der Waals surface area contributed by atoms with Crippen LogP contribution in [0.25, 0.3) is 5.69 Å². The Morgan fingerprint density at radius 3 is 2.74 bits per heavy atom. The lowest BCUT2D eigenvalue weighted by Gasteiger charge is -2.36. The van der Waals surface area contributed by atoms with Crippen LogP contribution in [-0.4, -0.2) is 44.6 Å². The molecule has 1 saturated heterocycles. The molecule has 0 radical (unpaired) electrons. The molecule has 3 unspecified atom stereocenters. The van der Waals surface area contributed by atoms with Crippen molar-refractivity contribution in [3.63, 3.8) is 0 Å². The fraction of sp³-hybridized carbons (Fsp3) is 0.500. The number of carbonyl (C=O) groups excluding carboxylic acids is 3. The van der Waals surface area contributed by atoms with E-state index in [-0.39, 0.29) is 17.5 Å². The molecule has 1 aromatic carbocycles. The van der Waals surface area contributed by atoms with E-state index in [4.69, 9.17) is 0 Å². The van der Waals surface area contributed by atoms with Crippen molar-refractivity contribution >= 4 is 17.8 Å². The molecule has 8 nitrogen and oxygen atoms in total. The first-order valence-electron chi connectivity index (χ1n) is 11.6. The number of urea groups is 1. The zero-order valence-corrected chi connectivity index (χ0v) is 19.8. The highest BCUT2D eigenvalue weighted by molar-refractivity contribution is 6.09. The van der Waals surface area contributed by atoms with E-state index >= 15 is 0 Å². The van der Waals surface area contributed by atoms with Gasteiger partial charge in [-0.2, -0.15) is 18.3 Å². The van der Waals surface area contributed by atoms with E-state index in [0.29, 0.717) is 17.7 Å². The van der Waals surface area contributed by atoms with Gasteiger partial charge in [0.05, 0.1) is 23.5 Å². The molecule has 1 aliphatic heterocycles. The Morgan fingerprint density at radius 1 is 1.31 bits per heavy atom. The average molecular weight is 492 g/mol. The number of halogens is 3. The van der Waals surface area contributed by atoms with Crippen molar-refractivity contribution in [1.29, 1.82) is 0 Å². The summed E-state index contributed by atoms with van der Waals surface area (Å²) in [6.45, 7) is 4.92. The van der Waals surface area contributed by atoms with Crippen molar-refractivity contribution in [2.45, 2.75) is 64.2 Å². The lowest BCUT2D eigenvalue weighted by molar-refractivity contribution is -0.137. The molecule has 1 saturated carbocycles. The van der Waals surface area contributed by atoms with E-state index in [1.165, 1.54) is 23.0 Å². The van der Waals surface area contributed by atoms with Crippen molar-refractivity contribution in [3.8, 4) is 5.69 Å². The Hall–Kier alpha value is -3.37. The van der Waals surface area contributed by atoms with Gasteiger partial charge in [0.2, 0.25) is 5.91 Å². The summed E-state index contributed by atoms with van der Waals surface area (Å²) in [5.41, 5.74) is -0.323. The number of alkyl halides is 3. The number of benzene rings is 1. The number of carbonyl (C=O) groups is 3. The Kier molecular flexibility index (Phi) is 6.37. The van der Waals surface area contributed by atoms with Crippen LogP contribution in [0.3, 0.4) is 0 Å². The predicted molar refractivity (Wildman–Crippen MR) is 120 cm³/mol. The second-order valence-electron chi connectivity index (χ2n) is 9.37. The molecular weight excluding hydrogens is 463 g/mol. The summed E-state index contributed by atoms with van der Waals surface area (Å²) in [6.07, 6.45) is 0.223. The third-order valence-electron chi connectivity index (χ3n) is 7.11. The van der Waals surface area contributed by atoms with Crippen LogP contribution >= 0.6 is 0 Å². The van der Waals surface area contributed by atoms with E-state index in [1.807, 2.05) is 6.92 Å². The van der Waals surface area contributed by atoms with Gasteiger partial charge < -0.3 is 10.6 Å². The predicted octanol–water partition coefficient (Wildman–Crippen LogP) is 3.88. The lowest BCUT2D eigenvalue weighted by Crippen LogP contribution is -2.54. The molecule has 11 heteroatoms. The van der Waals surface area contributed by atoms with E-state index < -0.39 is 41.8 Å². The maximum Gasteiger partial charge on any atom is 0.416 e. The van der Waals surface area contributed by atoms with Crippen LogP contribution in [0.1, 0.15) is 62.4 Å². The van der Waals surface area contributed by atoms with Gasteiger partial charge in [-0.15, -0.1) is 0 Å². The van der Waals surface area contributed by atoms with Crippen molar-refractivity contribution in [2.75, 3.05) is 6.54 Å². The summed E-state index contributed by atoms with van der Waals surface area (Å²) in [5.74, 6) is -0.900. The molecule has 2 aliphatic rings. The zero-order chi connectivity index (χ0) is 25.5. The zero-order valence-electron chi connectivity index (χ0n) is 19.8. The fourth-order valence-electron chi connectivity index (χ4n) is 5.07. The molecule has 4 amide bonds. The summed E-state index contributed by atoms with van der Waals surface area (Å²) in [5, 5.41) is 9.78. The second-order valence-corrected chi connectivity index (χ2v) is 9.37. The van der Waals surface area contributed by atoms with Crippen LogP contribution in [0.2, 0.25) is 0 Å². The van der Waals surface area contributed by atoms with Crippen LogP contribution in [0.15, 0.2) is 30.5 Å². The minimum absolute atomic E-state index is 0.0102. The minimum atomic E-state index is -4.48. The number of aromatic nitrogens is 2. The van der Waals surface area contributed by atoms with Gasteiger partial charge in [0.15, 0.2) is 0 Å². The molecule has 2 aromatic rings. The highest BCUT2D eigenvalue weighted by Gasteiger charge is 2.55. The highest BCUT2D eigenvalue weighted by Crippen LogP contribution is 2.38. The van der Waals surface area contributed by atoms with E-state index in [1.54, 1.807) is 13.8 Å². The number of nitrogens with zero attached hydrogens (tertiary/aromatic N) is 3. The monoisotopic (exact) mass is 491 g/mol. The van der Waals surface area contributed by atoms with Crippen LogP contribution < -0.4 is 10.6 Å². The molecule has 3 atom stereocenters. The summed E-state index contributed by atoms with van der Waals surface area (Å²) in [7, 11) is 0. The van der Waals surface area contributed by atoms with Crippen molar-refractivity contribution in [2.24, 2.45) is 5.92 Å².